The number of H-pyrrole nitrogens is 2. The number of aliphatic hydroxyl groups excluding tert-OH is 5. The van der Waals surface area contributed by atoms with Gasteiger partial charge in [-0.25, -0.2) is 14.8 Å². The number of aromatic amines is 2. The maximum atomic E-state index is 10.9. The third kappa shape index (κ3) is 4.80. The fourth-order valence-corrected chi connectivity index (χ4v) is 1.44. The lowest BCUT2D eigenvalue weighted by molar-refractivity contribution is -0.164. The third-order valence-electron chi connectivity index (χ3n) is 2.74. The normalized spacial score (nSPS) is 16.0. The molecule has 2 heterocycles. The van der Waals surface area contributed by atoms with Gasteiger partial charge in [0.15, 0.2) is 17.3 Å². The summed E-state index contributed by atoms with van der Waals surface area (Å²) in [4.78, 5) is 33.7. The van der Waals surface area contributed by atoms with Gasteiger partial charge in [0.25, 0.3) is 5.56 Å². The molecule has 0 aromatic carbocycles. The largest absolute Gasteiger partial charge is 0.479 e. The van der Waals surface area contributed by atoms with Crippen LogP contribution in [0.15, 0.2) is 17.4 Å². The van der Waals surface area contributed by atoms with Gasteiger partial charge in [0.1, 0.15) is 18.3 Å². The van der Waals surface area contributed by atoms with Crippen LogP contribution in [0.5, 0.6) is 0 Å². The summed E-state index contributed by atoms with van der Waals surface area (Å²) in [7, 11) is 0. The Labute approximate surface area is 127 Å². The van der Waals surface area contributed by atoms with Crippen molar-refractivity contribution in [3.8, 4) is 0 Å². The summed E-state index contributed by atoms with van der Waals surface area (Å²) in [6, 6.07) is 0. The van der Waals surface area contributed by atoms with Gasteiger partial charge in [-0.15, -0.1) is 0 Å². The topological polar surface area (TPSA) is 213 Å². The smallest absolute Gasteiger partial charge is 0.335 e. The number of imidazole rings is 1. The van der Waals surface area contributed by atoms with Gasteiger partial charge < -0.3 is 40.6 Å². The lowest BCUT2D eigenvalue weighted by Crippen LogP contribution is -2.48. The molecule has 128 valence electrons. The molecule has 2 aromatic rings. The van der Waals surface area contributed by atoms with Crippen LogP contribution in [0.4, 0.5) is 0 Å². The van der Waals surface area contributed by atoms with Gasteiger partial charge in [-0.1, -0.05) is 0 Å². The molecule has 0 aliphatic rings. The summed E-state index contributed by atoms with van der Waals surface area (Å²) in [6.45, 7) is -0.843. The second-order valence-electron chi connectivity index (χ2n) is 4.35. The molecule has 0 radical (unpaired) electrons. The molecule has 12 nitrogen and oxygen atoms in total. The number of fused-ring (bicyclic) bond motifs is 1. The van der Waals surface area contributed by atoms with Crippen LogP contribution in [-0.4, -0.2) is 87.6 Å². The van der Waals surface area contributed by atoms with E-state index in [9.17, 15) is 9.59 Å². The minimum Gasteiger partial charge on any atom is -0.479 e. The molecule has 23 heavy (non-hydrogen) atoms. The Kier molecular flexibility index (Phi) is 6.74. The summed E-state index contributed by atoms with van der Waals surface area (Å²) in [6.07, 6.45) is -5.07. The number of aliphatic carboxylic acids is 1. The number of nitrogens with one attached hydrogen (secondary N) is 2. The van der Waals surface area contributed by atoms with Gasteiger partial charge >= 0.3 is 5.97 Å². The summed E-state index contributed by atoms with van der Waals surface area (Å²) >= 11 is 0. The van der Waals surface area contributed by atoms with Crippen LogP contribution >= 0.6 is 0 Å². The van der Waals surface area contributed by atoms with E-state index < -0.39 is 37.0 Å². The zero-order valence-electron chi connectivity index (χ0n) is 11.6. The number of aromatic nitrogens is 4. The van der Waals surface area contributed by atoms with Crippen molar-refractivity contribution in [1.82, 2.24) is 19.9 Å². The molecule has 0 unspecified atom stereocenters. The maximum absolute atomic E-state index is 10.9. The molecular formula is C11H16N4O8. The van der Waals surface area contributed by atoms with Crippen molar-refractivity contribution < 1.29 is 35.4 Å². The van der Waals surface area contributed by atoms with E-state index in [-0.39, 0.29) is 5.56 Å². The van der Waals surface area contributed by atoms with Crippen LogP contribution in [-0.2, 0) is 4.79 Å². The number of nitrogens with zero attached hydrogens (tertiary/aromatic N) is 2. The highest BCUT2D eigenvalue weighted by Gasteiger charge is 2.33. The lowest BCUT2D eigenvalue weighted by atomic mass is 10.0. The standard InChI is InChI=1S/C6H12O7.C5H4N4O/c7-1-2(8)3(9)4(10)5(11)6(12)13;10-5-3-4(7-1-6-3)8-2-9-5/h2-5,7-11H,1H2,(H,12,13);1-2H,(H2,6,7,8,9,10)/t2-,3-,4+,5-;/m1./s1. The molecule has 0 bridgehead atoms. The van der Waals surface area contributed by atoms with Crippen molar-refractivity contribution in [3.63, 3.8) is 0 Å². The number of aliphatic hydroxyl groups is 5. The Morgan fingerprint density at radius 2 is 1.65 bits per heavy atom. The first-order valence-electron chi connectivity index (χ1n) is 6.22. The van der Waals surface area contributed by atoms with Gasteiger partial charge in [-0.05, 0) is 0 Å². The van der Waals surface area contributed by atoms with Crippen LogP contribution in [0.2, 0.25) is 0 Å². The average Bonchev–Trinajstić information content (AvgIpc) is 3.02. The molecule has 0 aliphatic heterocycles. The molecule has 12 heteroatoms. The fraction of sp³-hybridized carbons (Fsp3) is 0.455. The van der Waals surface area contributed by atoms with Crippen LogP contribution < -0.4 is 5.56 Å². The predicted molar refractivity (Wildman–Crippen MR) is 73.3 cm³/mol. The van der Waals surface area contributed by atoms with Crippen LogP contribution in [0.25, 0.3) is 11.2 Å². The van der Waals surface area contributed by atoms with Crippen molar-refractivity contribution in [3.05, 3.63) is 23.0 Å². The molecule has 4 atom stereocenters. The third-order valence-corrected chi connectivity index (χ3v) is 2.74. The van der Waals surface area contributed by atoms with E-state index in [2.05, 4.69) is 19.9 Å². The number of rotatable bonds is 5. The SMILES string of the molecule is O=C(O)[C@H](O)[C@@H](O)[C@H](O)[C@H](O)CO.O=c1[nH]cnc2nc[nH]c12. The number of carbonyl (C=O) groups is 1. The van der Waals surface area contributed by atoms with E-state index in [0.717, 1.165) is 0 Å². The van der Waals surface area contributed by atoms with E-state index in [0.29, 0.717) is 11.2 Å². The Morgan fingerprint density at radius 3 is 2.13 bits per heavy atom. The zero-order chi connectivity index (χ0) is 17.6. The minimum atomic E-state index is -2.20. The van der Waals surface area contributed by atoms with E-state index in [1.807, 2.05) is 0 Å². The molecule has 8 N–H and O–H groups in total. The molecule has 2 aromatic heterocycles. The first kappa shape index (κ1) is 18.7. The molecule has 2 rings (SSSR count). The van der Waals surface area contributed by atoms with E-state index in [1.165, 1.54) is 12.7 Å². The Hall–Kier alpha value is -2.38. The monoisotopic (exact) mass is 332 g/mol. The maximum Gasteiger partial charge on any atom is 0.335 e. The van der Waals surface area contributed by atoms with Crippen LogP contribution in [0.1, 0.15) is 0 Å². The van der Waals surface area contributed by atoms with Crippen molar-refractivity contribution in [2.45, 2.75) is 24.4 Å². The lowest BCUT2D eigenvalue weighted by Gasteiger charge is -2.23. The second kappa shape index (κ2) is 8.30. The highest BCUT2D eigenvalue weighted by Crippen LogP contribution is 2.04. The highest BCUT2D eigenvalue weighted by molar-refractivity contribution is 5.72. The van der Waals surface area contributed by atoms with Crippen LogP contribution in [0, 0.1) is 0 Å². The van der Waals surface area contributed by atoms with Gasteiger partial charge in [-0.2, -0.15) is 0 Å². The second-order valence-corrected chi connectivity index (χ2v) is 4.35. The number of carboxylic acids is 1. The first-order valence-corrected chi connectivity index (χ1v) is 6.22. The van der Waals surface area contributed by atoms with Crippen molar-refractivity contribution >= 4 is 17.1 Å². The van der Waals surface area contributed by atoms with E-state index >= 15 is 0 Å². The zero-order valence-corrected chi connectivity index (χ0v) is 11.6. The first-order chi connectivity index (χ1) is 10.8. The predicted octanol–water partition coefficient (Wildman–Crippen LogP) is -3.85. The fourth-order valence-electron chi connectivity index (χ4n) is 1.44. The van der Waals surface area contributed by atoms with Crippen molar-refractivity contribution in [2.75, 3.05) is 6.61 Å². The highest BCUT2D eigenvalue weighted by atomic mass is 16.4. The molecule has 0 fully saturated rings. The Bertz CT molecular complexity index is 686. The van der Waals surface area contributed by atoms with Crippen molar-refractivity contribution in [1.29, 1.82) is 0 Å². The van der Waals surface area contributed by atoms with Gasteiger partial charge in [0.05, 0.1) is 19.3 Å². The molecule has 0 saturated heterocycles. The number of hydrogen-bond acceptors (Lipinski definition) is 9. The van der Waals surface area contributed by atoms with Gasteiger partial charge in [0.2, 0.25) is 0 Å². The summed E-state index contributed by atoms with van der Waals surface area (Å²) < 4.78 is 0. The summed E-state index contributed by atoms with van der Waals surface area (Å²) in [5.74, 6) is -1.73. The van der Waals surface area contributed by atoms with E-state index in [4.69, 9.17) is 30.6 Å². The molecule has 0 amide bonds. The number of hydrogen-bond donors (Lipinski definition) is 8. The van der Waals surface area contributed by atoms with Crippen molar-refractivity contribution in [2.24, 2.45) is 0 Å². The number of carboxylic acid groups (broad SMARTS) is 1. The van der Waals surface area contributed by atoms with Gasteiger partial charge in [-0.3, -0.25) is 4.79 Å². The quantitative estimate of drug-likeness (QED) is 0.267. The van der Waals surface area contributed by atoms with Crippen LogP contribution in [0.3, 0.4) is 0 Å². The minimum absolute atomic E-state index is 0.192. The Morgan fingerprint density at radius 1 is 1.09 bits per heavy atom. The molecular weight excluding hydrogens is 316 g/mol. The molecule has 0 aliphatic carbocycles. The molecule has 0 spiro atoms. The van der Waals surface area contributed by atoms with E-state index in [1.54, 1.807) is 0 Å². The average molecular weight is 332 g/mol. The molecule has 0 saturated carbocycles. The van der Waals surface area contributed by atoms with Gasteiger partial charge in [0, 0.05) is 0 Å². The summed E-state index contributed by atoms with van der Waals surface area (Å²) in [5.41, 5.74) is 0.675. The summed E-state index contributed by atoms with van der Waals surface area (Å²) in [5, 5.41) is 51.8. The Balaban J connectivity index is 0.000000235.